The maximum atomic E-state index is 12.2. The minimum Gasteiger partial charge on any atom is -0.325 e. The summed E-state index contributed by atoms with van der Waals surface area (Å²) in [4.78, 5) is 12.2. The maximum absolute atomic E-state index is 12.2. The molecule has 0 bridgehead atoms. The zero-order valence-corrected chi connectivity index (χ0v) is 15.1. The first-order valence-corrected chi connectivity index (χ1v) is 9.53. The van der Waals surface area contributed by atoms with E-state index in [1.54, 1.807) is 36.4 Å². The van der Waals surface area contributed by atoms with E-state index in [1.807, 2.05) is 19.1 Å². The minimum atomic E-state index is -3.53. The molecule has 0 aliphatic heterocycles. The van der Waals surface area contributed by atoms with Crippen LogP contribution in [0.4, 0.5) is 5.69 Å². The topological polar surface area (TPSA) is 66.5 Å². The quantitative estimate of drug-likeness (QED) is 0.854. The zero-order chi connectivity index (χ0) is 17.7. The highest BCUT2D eigenvalue weighted by Crippen LogP contribution is 2.14. The Labute approximate surface area is 147 Å². The Kier molecular flexibility index (Phi) is 5.99. The van der Waals surface area contributed by atoms with Crippen LogP contribution in [0.25, 0.3) is 0 Å². The van der Waals surface area contributed by atoms with Crippen molar-refractivity contribution < 1.29 is 13.2 Å². The van der Waals surface area contributed by atoms with E-state index in [2.05, 4.69) is 5.32 Å². The van der Waals surface area contributed by atoms with Crippen LogP contribution < -0.4 is 5.32 Å². The number of carbonyl (C=O) groups is 1. The molecule has 0 radical (unpaired) electrons. The van der Waals surface area contributed by atoms with Gasteiger partial charge in [0.15, 0.2) is 0 Å². The average molecular weight is 367 g/mol. The van der Waals surface area contributed by atoms with E-state index >= 15 is 0 Å². The Balaban J connectivity index is 2.06. The van der Waals surface area contributed by atoms with Crippen molar-refractivity contribution in [1.82, 2.24) is 4.31 Å². The Morgan fingerprint density at radius 3 is 2.21 bits per heavy atom. The van der Waals surface area contributed by atoms with Crippen LogP contribution in [-0.4, -0.2) is 31.4 Å². The number of carbonyl (C=O) groups excluding carboxylic acids is 1. The van der Waals surface area contributed by atoms with Crippen LogP contribution >= 0.6 is 11.6 Å². The standard InChI is InChI=1S/C17H19ClN2O3S/c1-13-3-9-16(10-4-13)19-17(21)12-20(24(2,22)23)11-14-5-7-15(18)8-6-14/h3-10H,11-12H2,1-2H3,(H,19,21). The van der Waals surface area contributed by atoms with Crippen molar-refractivity contribution in [3.63, 3.8) is 0 Å². The Morgan fingerprint density at radius 2 is 1.67 bits per heavy atom. The maximum Gasteiger partial charge on any atom is 0.239 e. The van der Waals surface area contributed by atoms with Gasteiger partial charge in [-0.1, -0.05) is 41.4 Å². The molecule has 0 spiro atoms. The summed E-state index contributed by atoms with van der Waals surface area (Å²) in [5.41, 5.74) is 2.46. The number of benzene rings is 2. The summed E-state index contributed by atoms with van der Waals surface area (Å²) in [7, 11) is -3.53. The molecule has 1 amide bonds. The molecule has 0 aliphatic rings. The van der Waals surface area contributed by atoms with Crippen molar-refractivity contribution in [3.05, 3.63) is 64.7 Å². The zero-order valence-electron chi connectivity index (χ0n) is 13.5. The molecule has 5 nitrogen and oxygen atoms in total. The van der Waals surface area contributed by atoms with Crippen LogP contribution in [0, 0.1) is 6.92 Å². The third-order valence-electron chi connectivity index (χ3n) is 3.40. The number of hydrogen-bond acceptors (Lipinski definition) is 3. The molecule has 24 heavy (non-hydrogen) atoms. The molecule has 2 rings (SSSR count). The summed E-state index contributed by atoms with van der Waals surface area (Å²) >= 11 is 5.83. The van der Waals surface area contributed by atoms with Crippen LogP contribution in [0.1, 0.15) is 11.1 Å². The summed E-state index contributed by atoms with van der Waals surface area (Å²) in [5, 5.41) is 3.27. The number of anilines is 1. The fourth-order valence-electron chi connectivity index (χ4n) is 2.08. The van der Waals surface area contributed by atoms with Gasteiger partial charge < -0.3 is 5.32 Å². The van der Waals surface area contributed by atoms with Crippen molar-refractivity contribution in [3.8, 4) is 0 Å². The lowest BCUT2D eigenvalue weighted by molar-refractivity contribution is -0.116. The largest absolute Gasteiger partial charge is 0.325 e. The summed E-state index contributed by atoms with van der Waals surface area (Å²) in [6.07, 6.45) is 1.09. The molecular weight excluding hydrogens is 348 g/mol. The van der Waals surface area contributed by atoms with Crippen molar-refractivity contribution in [2.75, 3.05) is 18.1 Å². The number of nitrogens with one attached hydrogen (secondary N) is 1. The van der Waals surface area contributed by atoms with Gasteiger partial charge in [-0.25, -0.2) is 8.42 Å². The Morgan fingerprint density at radius 1 is 1.08 bits per heavy atom. The van der Waals surface area contributed by atoms with E-state index in [9.17, 15) is 13.2 Å². The number of sulfonamides is 1. The number of aryl methyl sites for hydroxylation is 1. The lowest BCUT2D eigenvalue weighted by atomic mass is 10.2. The molecule has 0 atom stereocenters. The first-order chi connectivity index (χ1) is 11.2. The van der Waals surface area contributed by atoms with Crippen molar-refractivity contribution in [2.45, 2.75) is 13.5 Å². The highest BCUT2D eigenvalue weighted by molar-refractivity contribution is 7.88. The fourth-order valence-corrected chi connectivity index (χ4v) is 2.94. The average Bonchev–Trinajstić information content (AvgIpc) is 2.50. The molecule has 0 saturated heterocycles. The second kappa shape index (κ2) is 7.79. The molecule has 0 saturated carbocycles. The van der Waals surface area contributed by atoms with Crippen LogP contribution in [0.2, 0.25) is 5.02 Å². The third kappa shape index (κ3) is 5.63. The van der Waals surface area contributed by atoms with E-state index < -0.39 is 15.9 Å². The molecule has 0 fully saturated rings. The molecule has 2 aromatic rings. The van der Waals surface area contributed by atoms with Crippen LogP contribution in [0.15, 0.2) is 48.5 Å². The predicted octanol–water partition coefficient (Wildman–Crippen LogP) is 3.05. The summed E-state index contributed by atoms with van der Waals surface area (Å²) in [6, 6.07) is 14.1. The Bertz CT molecular complexity index is 803. The van der Waals surface area contributed by atoms with Crippen LogP contribution in [-0.2, 0) is 21.4 Å². The van der Waals surface area contributed by atoms with E-state index in [4.69, 9.17) is 11.6 Å². The molecule has 0 heterocycles. The van der Waals surface area contributed by atoms with Gasteiger partial charge in [-0.3, -0.25) is 4.79 Å². The SMILES string of the molecule is Cc1ccc(NC(=O)CN(Cc2ccc(Cl)cc2)S(C)(=O)=O)cc1. The van der Waals surface area contributed by atoms with E-state index in [-0.39, 0.29) is 13.1 Å². The van der Waals surface area contributed by atoms with Gasteiger partial charge in [0.2, 0.25) is 15.9 Å². The number of nitrogens with zero attached hydrogens (tertiary/aromatic N) is 1. The fraction of sp³-hybridized carbons (Fsp3) is 0.235. The molecule has 128 valence electrons. The summed E-state index contributed by atoms with van der Waals surface area (Å²) in [5.74, 6) is -0.391. The molecule has 0 unspecified atom stereocenters. The normalized spacial score (nSPS) is 11.5. The van der Waals surface area contributed by atoms with Crippen LogP contribution in [0.3, 0.4) is 0 Å². The van der Waals surface area contributed by atoms with Gasteiger partial charge in [0, 0.05) is 17.3 Å². The third-order valence-corrected chi connectivity index (χ3v) is 4.84. The number of rotatable bonds is 6. The van der Waals surface area contributed by atoms with Gasteiger partial charge in [0.25, 0.3) is 0 Å². The molecule has 7 heteroatoms. The lowest BCUT2D eigenvalue weighted by Crippen LogP contribution is -2.36. The van der Waals surface area contributed by atoms with Gasteiger partial charge in [-0.05, 0) is 36.8 Å². The lowest BCUT2D eigenvalue weighted by Gasteiger charge is -2.19. The van der Waals surface area contributed by atoms with Gasteiger partial charge in [0.1, 0.15) is 0 Å². The predicted molar refractivity (Wildman–Crippen MR) is 96.5 cm³/mol. The number of hydrogen-bond donors (Lipinski definition) is 1. The van der Waals surface area contributed by atoms with Gasteiger partial charge >= 0.3 is 0 Å². The van der Waals surface area contributed by atoms with Gasteiger partial charge in [-0.15, -0.1) is 0 Å². The van der Waals surface area contributed by atoms with Crippen molar-refractivity contribution >= 4 is 33.2 Å². The Hall–Kier alpha value is -1.89. The first kappa shape index (κ1) is 18.4. The molecule has 2 aromatic carbocycles. The second-order valence-corrected chi connectivity index (χ2v) is 7.99. The molecule has 0 aliphatic carbocycles. The van der Waals surface area contributed by atoms with Crippen molar-refractivity contribution in [1.29, 1.82) is 0 Å². The molecular formula is C17H19ClN2O3S. The van der Waals surface area contributed by atoms with E-state index in [0.717, 1.165) is 21.7 Å². The van der Waals surface area contributed by atoms with Crippen LogP contribution in [0.5, 0.6) is 0 Å². The first-order valence-electron chi connectivity index (χ1n) is 7.30. The summed E-state index contributed by atoms with van der Waals surface area (Å²) < 4.78 is 25.0. The smallest absolute Gasteiger partial charge is 0.239 e. The minimum absolute atomic E-state index is 0.108. The molecule has 1 N–H and O–H groups in total. The highest BCUT2D eigenvalue weighted by atomic mass is 35.5. The monoisotopic (exact) mass is 366 g/mol. The second-order valence-electron chi connectivity index (χ2n) is 5.57. The highest BCUT2D eigenvalue weighted by Gasteiger charge is 2.20. The summed E-state index contributed by atoms with van der Waals surface area (Å²) in [6.45, 7) is 1.80. The van der Waals surface area contributed by atoms with Gasteiger partial charge in [-0.2, -0.15) is 4.31 Å². The van der Waals surface area contributed by atoms with E-state index in [0.29, 0.717) is 10.7 Å². The van der Waals surface area contributed by atoms with Gasteiger partial charge in [0.05, 0.1) is 12.8 Å². The number of amides is 1. The van der Waals surface area contributed by atoms with Crippen molar-refractivity contribution in [2.24, 2.45) is 0 Å². The van der Waals surface area contributed by atoms with E-state index in [1.165, 1.54) is 0 Å². The molecule has 0 aromatic heterocycles. The number of halogens is 1.